The summed E-state index contributed by atoms with van der Waals surface area (Å²) in [6, 6.07) is 8.15. The number of nitrogens with zero attached hydrogens (tertiary/aromatic N) is 1. The Morgan fingerprint density at radius 1 is 1.00 bits per heavy atom. The third-order valence-electron chi connectivity index (χ3n) is 6.69. The molecule has 4 aromatic carbocycles. The molecule has 0 aromatic heterocycles. The summed E-state index contributed by atoms with van der Waals surface area (Å²) in [5.41, 5.74) is 0.338. The van der Waals surface area contributed by atoms with Crippen LogP contribution >= 0.6 is 0 Å². The van der Waals surface area contributed by atoms with Gasteiger partial charge in [0.1, 0.15) is 5.75 Å². The highest BCUT2D eigenvalue weighted by molar-refractivity contribution is 7.91. The molecule has 0 aliphatic heterocycles. The van der Waals surface area contributed by atoms with Crippen molar-refractivity contribution in [3.05, 3.63) is 48.6 Å². The van der Waals surface area contributed by atoms with Gasteiger partial charge in [-0.15, -0.1) is 0 Å². The van der Waals surface area contributed by atoms with Gasteiger partial charge < -0.3 is 15.0 Å². The molecular weight excluding hydrogens is 577 g/mol. The molecule has 1 amide bonds. The van der Waals surface area contributed by atoms with Crippen molar-refractivity contribution in [2.75, 3.05) is 25.9 Å². The van der Waals surface area contributed by atoms with Crippen molar-refractivity contribution in [3.8, 4) is 5.75 Å². The van der Waals surface area contributed by atoms with E-state index in [2.05, 4.69) is 11.9 Å². The first kappa shape index (κ1) is 29.9. The maximum Gasteiger partial charge on any atom is 0.246 e. The molecule has 0 heterocycles. The van der Waals surface area contributed by atoms with E-state index in [4.69, 9.17) is 0 Å². The Hall–Kier alpha value is -3.10. The summed E-state index contributed by atoms with van der Waals surface area (Å²) in [6.07, 6.45) is 1.80. The molecule has 4 aromatic rings. The summed E-state index contributed by atoms with van der Waals surface area (Å²) in [4.78, 5) is 11.1. The fourth-order valence-corrected chi connectivity index (χ4v) is 8.21. The van der Waals surface area contributed by atoms with E-state index in [1.54, 1.807) is 6.92 Å². The van der Waals surface area contributed by atoms with Gasteiger partial charge in [0.25, 0.3) is 0 Å². The number of nitrogens with one attached hydrogen (secondary N) is 1. The van der Waals surface area contributed by atoms with Gasteiger partial charge in [0.2, 0.25) is 15.9 Å². The fourth-order valence-electron chi connectivity index (χ4n) is 4.89. The van der Waals surface area contributed by atoms with Crippen LogP contribution in [0, 0.1) is 0 Å². The normalized spacial score (nSPS) is 13.4. The molecule has 0 saturated heterocycles. The Morgan fingerprint density at radius 3 is 2.15 bits per heavy atom. The van der Waals surface area contributed by atoms with Gasteiger partial charge in [0.05, 0.1) is 9.79 Å². The number of phenols is 1. The van der Waals surface area contributed by atoms with Gasteiger partial charge in [0, 0.05) is 64.0 Å². The molecule has 40 heavy (non-hydrogen) atoms. The minimum Gasteiger partial charge on any atom is -0.768 e. The average molecular weight is 606 g/mol. The van der Waals surface area contributed by atoms with Crippen LogP contribution in [0.2, 0.25) is 0 Å². The van der Waals surface area contributed by atoms with Crippen LogP contribution in [0.15, 0.2) is 63.2 Å². The third kappa shape index (κ3) is 5.31. The maximum absolute atomic E-state index is 14.0. The summed E-state index contributed by atoms with van der Waals surface area (Å²) in [7, 11) is -8.06. The quantitative estimate of drug-likeness (QED) is 0.114. The van der Waals surface area contributed by atoms with Gasteiger partial charge in [-0.2, -0.15) is 4.31 Å². The minimum atomic E-state index is -4.19. The number of sulfone groups is 1. The van der Waals surface area contributed by atoms with Crippen molar-refractivity contribution in [3.63, 3.8) is 0 Å². The summed E-state index contributed by atoms with van der Waals surface area (Å²) in [6.45, 7) is 7.47. The van der Waals surface area contributed by atoms with E-state index in [0.29, 0.717) is 18.4 Å². The lowest BCUT2D eigenvalue weighted by Gasteiger charge is -2.24. The van der Waals surface area contributed by atoms with E-state index in [0.717, 1.165) is 18.4 Å². The van der Waals surface area contributed by atoms with Crippen molar-refractivity contribution in [2.45, 2.75) is 41.4 Å². The summed E-state index contributed by atoms with van der Waals surface area (Å²) >= 11 is -2.79. The second-order valence-corrected chi connectivity index (χ2v) is 14.4. The molecule has 0 radical (unpaired) electrons. The number of hydrogen-bond acceptors (Lipinski definition) is 8. The van der Waals surface area contributed by atoms with E-state index in [9.17, 15) is 35.5 Å². The molecule has 214 valence electrons. The highest BCUT2D eigenvalue weighted by Crippen LogP contribution is 2.45. The largest absolute Gasteiger partial charge is 0.768 e. The summed E-state index contributed by atoms with van der Waals surface area (Å²) in [5.74, 6) is -0.673. The number of sulfonamides is 1. The molecule has 10 nitrogen and oxygen atoms in total. The molecule has 0 aliphatic rings. The zero-order chi connectivity index (χ0) is 29.6. The first-order chi connectivity index (χ1) is 18.7. The number of hydrogen-bond donors (Lipinski definition) is 2. The standard InChI is InChI=1S/C27H30N2O8S3/c1-5-12-29(13-6-11-28-27(31)16(2)3)40(36,37)24-14-21(30)17-7-8-18-22(38(32)33)15-23(39(4,34)35)19-9-10-20(24)25(17)26(18)19/h7-10,14-15,30H,2,5-6,11-13H2,1,3-4H3,(H,28,31)(H,32,33)/p-1. The Balaban J connectivity index is 1.95. The van der Waals surface area contributed by atoms with E-state index in [-0.39, 0.29) is 78.3 Å². The summed E-state index contributed by atoms with van der Waals surface area (Å²) in [5, 5.41) is 15.0. The van der Waals surface area contributed by atoms with Crippen molar-refractivity contribution in [1.29, 1.82) is 0 Å². The number of aromatic hydroxyl groups is 1. The predicted octanol–water partition coefficient (Wildman–Crippen LogP) is 3.41. The zero-order valence-electron chi connectivity index (χ0n) is 22.2. The number of phenolic OH excluding ortho intramolecular Hbond substituents is 1. The van der Waals surface area contributed by atoms with E-state index in [1.807, 2.05) is 6.92 Å². The monoisotopic (exact) mass is 605 g/mol. The van der Waals surface area contributed by atoms with Crippen molar-refractivity contribution >= 4 is 69.2 Å². The highest BCUT2D eigenvalue weighted by Gasteiger charge is 2.29. The lowest BCUT2D eigenvalue weighted by Crippen LogP contribution is -2.35. The van der Waals surface area contributed by atoms with Gasteiger partial charge in [-0.25, -0.2) is 16.8 Å². The third-order valence-corrected chi connectivity index (χ3v) is 10.5. The molecule has 13 heteroatoms. The van der Waals surface area contributed by atoms with Gasteiger partial charge in [-0.1, -0.05) is 31.7 Å². The Bertz CT molecular complexity index is 1900. The molecule has 2 N–H and O–H groups in total. The SMILES string of the molecule is C=C(C)C(=O)NCCCN(CCC)S(=O)(=O)c1cc(O)c2ccc3c(S(=O)[O-])cc(S(C)(=O)=O)c4ccc1c2c34. The first-order valence-electron chi connectivity index (χ1n) is 12.4. The predicted molar refractivity (Wildman–Crippen MR) is 154 cm³/mol. The number of carbonyl (C=O) groups is 1. The first-order valence-corrected chi connectivity index (χ1v) is 16.8. The topological polar surface area (TPSA) is 161 Å². The van der Waals surface area contributed by atoms with Crippen molar-refractivity contribution in [1.82, 2.24) is 9.62 Å². The highest BCUT2D eigenvalue weighted by atomic mass is 32.2. The number of amides is 1. The molecule has 0 aliphatic carbocycles. The smallest absolute Gasteiger partial charge is 0.246 e. The minimum absolute atomic E-state index is 0.0902. The summed E-state index contributed by atoms with van der Waals surface area (Å²) < 4.78 is 78.7. The molecule has 0 spiro atoms. The average Bonchev–Trinajstić information content (AvgIpc) is 2.88. The molecule has 4 rings (SSSR count). The van der Waals surface area contributed by atoms with Crippen LogP contribution in [-0.4, -0.2) is 66.8 Å². The number of benzene rings is 4. The van der Waals surface area contributed by atoms with Crippen LogP contribution in [0.1, 0.15) is 26.7 Å². The fraction of sp³-hybridized carbons (Fsp3) is 0.296. The lowest BCUT2D eigenvalue weighted by molar-refractivity contribution is -0.117. The van der Waals surface area contributed by atoms with E-state index >= 15 is 0 Å². The maximum atomic E-state index is 14.0. The molecule has 0 bridgehead atoms. The van der Waals surface area contributed by atoms with Crippen LogP contribution < -0.4 is 5.32 Å². The molecule has 1 unspecified atom stereocenters. The second-order valence-electron chi connectivity index (χ2n) is 9.64. The van der Waals surface area contributed by atoms with Crippen LogP contribution in [-0.2, 0) is 35.7 Å². The van der Waals surface area contributed by atoms with Crippen molar-refractivity contribution in [2.24, 2.45) is 0 Å². The van der Waals surface area contributed by atoms with Crippen LogP contribution in [0.4, 0.5) is 0 Å². The van der Waals surface area contributed by atoms with Crippen molar-refractivity contribution < 1.29 is 35.5 Å². The molecular formula is C27H29N2O8S3-. The Morgan fingerprint density at radius 2 is 1.57 bits per heavy atom. The van der Waals surface area contributed by atoms with Crippen LogP contribution in [0.25, 0.3) is 32.3 Å². The van der Waals surface area contributed by atoms with E-state index in [1.165, 1.54) is 28.6 Å². The van der Waals surface area contributed by atoms with Gasteiger partial charge in [-0.05, 0) is 53.8 Å². The van der Waals surface area contributed by atoms with Crippen LogP contribution in [0.5, 0.6) is 5.75 Å². The second kappa shape index (κ2) is 11.1. The molecule has 0 saturated carbocycles. The molecule has 0 fully saturated rings. The zero-order valence-corrected chi connectivity index (χ0v) is 24.6. The number of rotatable bonds is 11. The van der Waals surface area contributed by atoms with Gasteiger partial charge in [0.15, 0.2) is 9.84 Å². The van der Waals surface area contributed by atoms with E-state index < -0.39 is 30.9 Å². The Labute approximate surface area is 235 Å². The molecule has 1 atom stereocenters. The number of carbonyl (C=O) groups excluding carboxylic acids is 1. The Kier molecular flexibility index (Phi) is 8.25. The van der Waals surface area contributed by atoms with Crippen LogP contribution in [0.3, 0.4) is 0 Å². The lowest BCUT2D eigenvalue weighted by atomic mass is 9.94. The van der Waals surface area contributed by atoms with Gasteiger partial charge >= 0.3 is 0 Å². The van der Waals surface area contributed by atoms with Gasteiger partial charge in [-0.3, -0.25) is 9.00 Å².